The molecule has 1 aromatic carbocycles. The van der Waals surface area contributed by atoms with Gasteiger partial charge < -0.3 is 4.74 Å². The zero-order chi connectivity index (χ0) is 19.3. The molecule has 0 bridgehead atoms. The molecule has 0 spiro atoms. The summed E-state index contributed by atoms with van der Waals surface area (Å²) in [7, 11) is 0. The molecule has 140 valence electrons. The van der Waals surface area contributed by atoms with Crippen LogP contribution in [-0.2, 0) is 4.79 Å². The normalized spacial score (nSPS) is 18.6. The molecular weight excluding hydrogens is 324 g/mol. The topological polar surface area (TPSA) is 50.7 Å². The van der Waals surface area contributed by atoms with Gasteiger partial charge in [0.1, 0.15) is 5.75 Å². The van der Waals surface area contributed by atoms with Crippen molar-refractivity contribution in [1.29, 1.82) is 0 Å². The molecule has 1 aliphatic carbocycles. The van der Waals surface area contributed by atoms with Crippen LogP contribution in [0.1, 0.15) is 57.6 Å². The number of nitrogens with one attached hydrogen (secondary N) is 1. The molecule has 1 aliphatic rings. The van der Waals surface area contributed by atoms with E-state index in [9.17, 15) is 4.79 Å². The van der Waals surface area contributed by atoms with Crippen LogP contribution in [-0.4, -0.2) is 18.2 Å². The number of nitrogens with zero attached hydrogens (tertiary/aromatic N) is 1. The molecule has 4 heteroatoms. The number of carbonyl (C=O) groups excluding carboxylic acids is 1. The predicted molar refractivity (Wildman–Crippen MR) is 108 cm³/mol. The SMILES string of the molecule is C=C(C)C1CC=C(C)/C(=N\NC(=O)COc2cc(C)ccc2C(C)C)C1. The van der Waals surface area contributed by atoms with Crippen LogP contribution in [0.3, 0.4) is 0 Å². The maximum absolute atomic E-state index is 12.2. The lowest BCUT2D eigenvalue weighted by atomic mass is 9.85. The Bertz CT molecular complexity index is 745. The van der Waals surface area contributed by atoms with Gasteiger partial charge in [-0.3, -0.25) is 4.79 Å². The molecule has 0 fully saturated rings. The smallest absolute Gasteiger partial charge is 0.277 e. The van der Waals surface area contributed by atoms with Gasteiger partial charge >= 0.3 is 0 Å². The molecule has 1 atom stereocenters. The highest BCUT2D eigenvalue weighted by molar-refractivity contribution is 6.01. The summed E-state index contributed by atoms with van der Waals surface area (Å²) < 4.78 is 5.76. The molecule has 0 saturated carbocycles. The van der Waals surface area contributed by atoms with E-state index in [0.717, 1.165) is 46.6 Å². The van der Waals surface area contributed by atoms with Crippen LogP contribution in [0.15, 0.2) is 47.1 Å². The van der Waals surface area contributed by atoms with Crippen LogP contribution in [0.25, 0.3) is 0 Å². The van der Waals surface area contributed by atoms with Crippen molar-refractivity contribution in [1.82, 2.24) is 5.43 Å². The van der Waals surface area contributed by atoms with Gasteiger partial charge in [0, 0.05) is 0 Å². The molecule has 2 rings (SSSR count). The first-order valence-corrected chi connectivity index (χ1v) is 9.19. The van der Waals surface area contributed by atoms with Gasteiger partial charge in [0.2, 0.25) is 0 Å². The first-order chi connectivity index (χ1) is 12.3. The number of amides is 1. The summed E-state index contributed by atoms with van der Waals surface area (Å²) in [5.41, 5.74) is 8.02. The Morgan fingerprint density at radius 3 is 2.77 bits per heavy atom. The molecule has 0 aromatic heterocycles. The van der Waals surface area contributed by atoms with Crippen molar-refractivity contribution < 1.29 is 9.53 Å². The van der Waals surface area contributed by atoms with E-state index >= 15 is 0 Å². The van der Waals surface area contributed by atoms with Crippen molar-refractivity contribution in [3.8, 4) is 5.75 Å². The Balaban J connectivity index is 1.97. The number of hydrogen-bond donors (Lipinski definition) is 1. The third-order valence-electron chi connectivity index (χ3n) is 4.77. The second-order valence-electron chi connectivity index (χ2n) is 7.45. The van der Waals surface area contributed by atoms with E-state index in [1.807, 2.05) is 26.8 Å². The number of benzene rings is 1. The maximum atomic E-state index is 12.2. The van der Waals surface area contributed by atoms with E-state index in [2.05, 4.69) is 49.2 Å². The van der Waals surface area contributed by atoms with Crippen LogP contribution in [0, 0.1) is 12.8 Å². The minimum atomic E-state index is -0.251. The summed E-state index contributed by atoms with van der Waals surface area (Å²) in [6.07, 6.45) is 3.96. The minimum Gasteiger partial charge on any atom is -0.483 e. The Labute approximate surface area is 157 Å². The zero-order valence-electron chi connectivity index (χ0n) is 16.6. The van der Waals surface area contributed by atoms with Gasteiger partial charge in [-0.05, 0) is 68.2 Å². The molecule has 1 N–H and O–H groups in total. The second kappa shape index (κ2) is 8.84. The van der Waals surface area contributed by atoms with Gasteiger partial charge in [-0.25, -0.2) is 5.43 Å². The fraction of sp³-hybridized carbons (Fsp3) is 0.455. The second-order valence-corrected chi connectivity index (χ2v) is 7.45. The van der Waals surface area contributed by atoms with Gasteiger partial charge in [-0.15, -0.1) is 0 Å². The Morgan fingerprint density at radius 2 is 2.12 bits per heavy atom. The molecule has 1 aromatic rings. The van der Waals surface area contributed by atoms with E-state index in [-0.39, 0.29) is 12.5 Å². The van der Waals surface area contributed by atoms with Crippen LogP contribution < -0.4 is 10.2 Å². The zero-order valence-corrected chi connectivity index (χ0v) is 16.6. The third kappa shape index (κ3) is 5.32. The van der Waals surface area contributed by atoms with Gasteiger partial charge in [0.05, 0.1) is 5.71 Å². The summed E-state index contributed by atoms with van der Waals surface area (Å²) in [6, 6.07) is 6.09. The van der Waals surface area contributed by atoms with Crippen molar-refractivity contribution in [2.75, 3.05) is 6.61 Å². The molecule has 0 heterocycles. The molecule has 1 amide bonds. The third-order valence-corrected chi connectivity index (χ3v) is 4.77. The summed E-state index contributed by atoms with van der Waals surface area (Å²) in [4.78, 5) is 12.2. The lowest BCUT2D eigenvalue weighted by Gasteiger charge is -2.22. The molecule has 0 saturated heterocycles. The fourth-order valence-corrected chi connectivity index (χ4v) is 2.97. The monoisotopic (exact) mass is 354 g/mol. The van der Waals surface area contributed by atoms with Crippen molar-refractivity contribution in [3.63, 3.8) is 0 Å². The van der Waals surface area contributed by atoms with Crippen LogP contribution in [0.4, 0.5) is 0 Å². The molecule has 4 nitrogen and oxygen atoms in total. The Hall–Kier alpha value is -2.36. The van der Waals surface area contributed by atoms with E-state index in [1.165, 1.54) is 0 Å². The van der Waals surface area contributed by atoms with E-state index in [0.29, 0.717) is 11.8 Å². The number of hydrogen-bond acceptors (Lipinski definition) is 3. The fourth-order valence-electron chi connectivity index (χ4n) is 2.97. The number of carbonyl (C=O) groups is 1. The minimum absolute atomic E-state index is 0.0490. The highest BCUT2D eigenvalue weighted by Crippen LogP contribution is 2.28. The molecule has 1 unspecified atom stereocenters. The molecule has 26 heavy (non-hydrogen) atoms. The van der Waals surface area contributed by atoms with E-state index in [4.69, 9.17) is 4.74 Å². The van der Waals surface area contributed by atoms with Gasteiger partial charge in [0.15, 0.2) is 6.61 Å². The van der Waals surface area contributed by atoms with Crippen LogP contribution >= 0.6 is 0 Å². The number of rotatable bonds is 6. The van der Waals surface area contributed by atoms with Crippen molar-refractivity contribution in [3.05, 3.63) is 53.1 Å². The summed E-state index contributed by atoms with van der Waals surface area (Å²) >= 11 is 0. The van der Waals surface area contributed by atoms with Gasteiger partial charge in [0.25, 0.3) is 5.91 Å². The predicted octanol–water partition coefficient (Wildman–Crippen LogP) is 4.90. The van der Waals surface area contributed by atoms with Crippen molar-refractivity contribution >= 4 is 11.6 Å². The molecule has 0 aliphatic heterocycles. The summed E-state index contributed by atoms with van der Waals surface area (Å²) in [5.74, 6) is 1.24. The average Bonchev–Trinajstić information content (AvgIpc) is 2.58. The lowest BCUT2D eigenvalue weighted by Crippen LogP contribution is -2.27. The van der Waals surface area contributed by atoms with Crippen molar-refractivity contribution in [2.24, 2.45) is 11.0 Å². The quantitative estimate of drug-likeness (QED) is 0.583. The summed E-state index contributed by atoms with van der Waals surface area (Å²) in [6.45, 7) is 14.3. The van der Waals surface area contributed by atoms with Gasteiger partial charge in [-0.2, -0.15) is 5.10 Å². The first-order valence-electron chi connectivity index (χ1n) is 9.19. The van der Waals surface area contributed by atoms with Gasteiger partial charge in [-0.1, -0.05) is 44.2 Å². The highest BCUT2D eigenvalue weighted by atomic mass is 16.5. The summed E-state index contributed by atoms with van der Waals surface area (Å²) in [5, 5.41) is 4.31. The van der Waals surface area contributed by atoms with Crippen LogP contribution in [0.2, 0.25) is 0 Å². The lowest BCUT2D eigenvalue weighted by molar-refractivity contribution is -0.123. The first kappa shape index (κ1) is 20.0. The molecule has 0 radical (unpaired) electrons. The van der Waals surface area contributed by atoms with Crippen LogP contribution in [0.5, 0.6) is 5.75 Å². The maximum Gasteiger partial charge on any atom is 0.277 e. The number of allylic oxidation sites excluding steroid dienone is 3. The van der Waals surface area contributed by atoms with E-state index in [1.54, 1.807) is 0 Å². The Kier molecular flexibility index (Phi) is 6.78. The van der Waals surface area contributed by atoms with Crippen molar-refractivity contribution in [2.45, 2.75) is 53.4 Å². The molecular formula is C22H30N2O2. The number of aryl methyl sites for hydroxylation is 1. The van der Waals surface area contributed by atoms with E-state index < -0.39 is 0 Å². The largest absolute Gasteiger partial charge is 0.483 e. The Morgan fingerprint density at radius 1 is 1.38 bits per heavy atom. The number of hydrazone groups is 1. The average molecular weight is 354 g/mol. The standard InChI is InChI=1S/C22H30N2O2/c1-14(2)18-9-8-17(6)20(12-18)23-24-22(25)13-26-21-11-16(5)7-10-19(21)15(3)4/h7-8,10-11,15,18H,1,9,12-13H2,2-6H3,(H,24,25)/b23-20-. The highest BCUT2D eigenvalue weighted by Gasteiger charge is 2.19. The number of ether oxygens (including phenoxy) is 1.